The number of rotatable bonds is 3. The molecule has 0 saturated heterocycles. The number of carbonyl (C=O) groups excluding carboxylic acids is 1. The highest BCUT2D eigenvalue weighted by molar-refractivity contribution is 5.76. The number of aryl methyl sites for hydroxylation is 2. The van der Waals surface area contributed by atoms with Crippen molar-refractivity contribution in [2.45, 2.75) is 13.0 Å². The number of carbonyl (C=O) groups is 1. The van der Waals surface area contributed by atoms with Crippen molar-refractivity contribution in [1.82, 2.24) is 9.13 Å². The predicted molar refractivity (Wildman–Crippen MR) is 63.8 cm³/mol. The minimum Gasteiger partial charge on any atom is -0.469 e. The lowest BCUT2D eigenvalue weighted by Crippen LogP contribution is -2.23. The Labute approximate surface area is 98.2 Å². The van der Waals surface area contributed by atoms with Crippen LogP contribution >= 0.6 is 0 Å². The smallest absolute Gasteiger partial charge is 0.328 e. The van der Waals surface area contributed by atoms with E-state index in [1.807, 2.05) is 24.3 Å². The van der Waals surface area contributed by atoms with Crippen molar-refractivity contribution in [3.8, 4) is 0 Å². The van der Waals surface area contributed by atoms with E-state index in [1.54, 1.807) is 16.2 Å². The summed E-state index contributed by atoms with van der Waals surface area (Å²) in [6, 6.07) is 7.50. The zero-order valence-corrected chi connectivity index (χ0v) is 9.84. The molecule has 0 bridgehead atoms. The van der Waals surface area contributed by atoms with Crippen molar-refractivity contribution in [1.29, 1.82) is 0 Å². The fourth-order valence-corrected chi connectivity index (χ4v) is 1.88. The van der Waals surface area contributed by atoms with E-state index in [9.17, 15) is 9.59 Å². The van der Waals surface area contributed by atoms with Gasteiger partial charge in [-0.25, -0.2) is 4.79 Å². The van der Waals surface area contributed by atoms with Gasteiger partial charge in [0.25, 0.3) is 0 Å². The molecule has 5 nitrogen and oxygen atoms in total. The summed E-state index contributed by atoms with van der Waals surface area (Å²) in [4.78, 5) is 23.1. The van der Waals surface area contributed by atoms with Crippen molar-refractivity contribution < 1.29 is 9.53 Å². The first-order valence-corrected chi connectivity index (χ1v) is 5.36. The van der Waals surface area contributed by atoms with E-state index < -0.39 is 0 Å². The molecule has 0 aliphatic carbocycles. The quantitative estimate of drug-likeness (QED) is 0.741. The second-order valence-corrected chi connectivity index (χ2v) is 3.81. The Hall–Kier alpha value is -2.04. The largest absolute Gasteiger partial charge is 0.469 e. The number of ether oxygens (including phenoxy) is 1. The van der Waals surface area contributed by atoms with Gasteiger partial charge < -0.3 is 4.74 Å². The molecular weight excluding hydrogens is 220 g/mol. The van der Waals surface area contributed by atoms with Gasteiger partial charge in [-0.3, -0.25) is 13.9 Å². The molecule has 1 heterocycles. The fraction of sp³-hybridized carbons (Fsp3) is 0.333. The molecule has 0 N–H and O–H groups in total. The second kappa shape index (κ2) is 4.45. The molecule has 5 heteroatoms. The lowest BCUT2D eigenvalue weighted by atomic mass is 10.3. The van der Waals surface area contributed by atoms with E-state index in [0.29, 0.717) is 6.54 Å². The molecule has 0 aliphatic rings. The Kier molecular flexibility index (Phi) is 2.99. The highest BCUT2D eigenvalue weighted by Crippen LogP contribution is 2.11. The Balaban J connectivity index is 2.43. The number of hydrogen-bond donors (Lipinski definition) is 0. The van der Waals surface area contributed by atoms with Crippen LogP contribution in [0.5, 0.6) is 0 Å². The third kappa shape index (κ3) is 1.95. The summed E-state index contributed by atoms with van der Waals surface area (Å²) in [5, 5.41) is 0. The van der Waals surface area contributed by atoms with Gasteiger partial charge in [-0.15, -0.1) is 0 Å². The lowest BCUT2D eigenvalue weighted by Gasteiger charge is -2.01. The zero-order valence-electron chi connectivity index (χ0n) is 9.84. The van der Waals surface area contributed by atoms with Gasteiger partial charge >= 0.3 is 11.7 Å². The molecule has 0 radical (unpaired) electrons. The summed E-state index contributed by atoms with van der Waals surface area (Å²) in [5.74, 6) is -0.315. The highest BCUT2D eigenvalue weighted by atomic mass is 16.5. The molecule has 1 aromatic carbocycles. The molecular formula is C12H14N2O3. The van der Waals surface area contributed by atoms with Gasteiger partial charge in [0.1, 0.15) is 0 Å². The topological polar surface area (TPSA) is 53.2 Å². The lowest BCUT2D eigenvalue weighted by molar-refractivity contribution is -0.140. The molecule has 17 heavy (non-hydrogen) atoms. The van der Waals surface area contributed by atoms with Crippen LogP contribution < -0.4 is 5.69 Å². The molecule has 0 aliphatic heterocycles. The Morgan fingerprint density at radius 3 is 2.59 bits per heavy atom. The number of hydrogen-bond acceptors (Lipinski definition) is 3. The minimum absolute atomic E-state index is 0.116. The van der Waals surface area contributed by atoms with Gasteiger partial charge in [-0.05, 0) is 12.1 Å². The maximum Gasteiger partial charge on any atom is 0.328 e. The SMILES string of the molecule is COC(=O)CCn1c(=O)n(C)c2ccccc21. The number of methoxy groups -OCH3 is 1. The molecule has 90 valence electrons. The summed E-state index contributed by atoms with van der Waals surface area (Å²) in [6.45, 7) is 0.340. The molecule has 0 saturated carbocycles. The summed E-state index contributed by atoms with van der Waals surface area (Å²) in [6.07, 6.45) is 0.199. The standard InChI is InChI=1S/C12H14N2O3/c1-13-9-5-3-4-6-10(9)14(12(13)16)8-7-11(15)17-2/h3-6H,7-8H2,1-2H3. The summed E-state index contributed by atoms with van der Waals surface area (Å²) in [7, 11) is 3.06. The Morgan fingerprint density at radius 2 is 1.94 bits per heavy atom. The Morgan fingerprint density at radius 1 is 1.29 bits per heavy atom. The second-order valence-electron chi connectivity index (χ2n) is 3.81. The van der Waals surface area contributed by atoms with Crippen LogP contribution in [0.2, 0.25) is 0 Å². The first-order valence-electron chi connectivity index (χ1n) is 5.36. The maximum atomic E-state index is 12.0. The van der Waals surface area contributed by atoms with E-state index >= 15 is 0 Å². The van der Waals surface area contributed by atoms with Gasteiger partial charge in [0.15, 0.2) is 0 Å². The van der Waals surface area contributed by atoms with Crippen LogP contribution in [0.15, 0.2) is 29.1 Å². The summed E-state index contributed by atoms with van der Waals surface area (Å²) >= 11 is 0. The monoisotopic (exact) mass is 234 g/mol. The molecule has 2 rings (SSSR count). The van der Waals surface area contributed by atoms with Crippen molar-refractivity contribution in [2.75, 3.05) is 7.11 Å². The van der Waals surface area contributed by atoms with Gasteiger partial charge in [-0.2, -0.15) is 0 Å². The Bertz CT molecular complexity index is 610. The number of benzene rings is 1. The third-order valence-corrected chi connectivity index (χ3v) is 2.82. The molecule has 1 aromatic heterocycles. The van der Waals surface area contributed by atoms with E-state index in [2.05, 4.69) is 4.74 Å². The first-order chi connectivity index (χ1) is 8.15. The van der Waals surface area contributed by atoms with Crippen LogP contribution in [0.3, 0.4) is 0 Å². The summed E-state index contributed by atoms with van der Waals surface area (Å²) in [5.41, 5.74) is 1.58. The maximum absolute atomic E-state index is 12.0. The molecule has 0 atom stereocenters. The molecule has 0 unspecified atom stereocenters. The normalized spacial score (nSPS) is 10.7. The van der Waals surface area contributed by atoms with Crippen LogP contribution in [0.25, 0.3) is 11.0 Å². The van der Waals surface area contributed by atoms with Gasteiger partial charge in [0, 0.05) is 13.6 Å². The fourth-order valence-electron chi connectivity index (χ4n) is 1.88. The zero-order chi connectivity index (χ0) is 12.4. The van der Waals surface area contributed by atoms with Crippen LogP contribution in [0, 0.1) is 0 Å². The third-order valence-electron chi connectivity index (χ3n) is 2.82. The van der Waals surface area contributed by atoms with Crippen LogP contribution in [0.4, 0.5) is 0 Å². The van der Waals surface area contributed by atoms with Gasteiger partial charge in [0.05, 0.1) is 24.6 Å². The average Bonchev–Trinajstić information content (AvgIpc) is 2.60. The van der Waals surface area contributed by atoms with Crippen molar-refractivity contribution in [2.24, 2.45) is 7.05 Å². The molecule has 0 spiro atoms. The number of esters is 1. The van der Waals surface area contributed by atoms with Crippen molar-refractivity contribution in [3.05, 3.63) is 34.7 Å². The van der Waals surface area contributed by atoms with Crippen molar-refractivity contribution in [3.63, 3.8) is 0 Å². The first kappa shape index (κ1) is 11.4. The number of aromatic nitrogens is 2. The highest BCUT2D eigenvalue weighted by Gasteiger charge is 2.11. The number of fused-ring (bicyclic) bond motifs is 1. The van der Waals surface area contributed by atoms with Gasteiger partial charge in [-0.1, -0.05) is 12.1 Å². The number of nitrogens with zero attached hydrogens (tertiary/aromatic N) is 2. The molecule has 2 aromatic rings. The molecule has 0 amide bonds. The van der Waals surface area contributed by atoms with Crippen LogP contribution in [-0.2, 0) is 23.1 Å². The minimum atomic E-state index is -0.315. The summed E-state index contributed by atoms with van der Waals surface area (Å²) < 4.78 is 7.74. The number of para-hydroxylation sites is 2. The van der Waals surface area contributed by atoms with E-state index in [-0.39, 0.29) is 18.1 Å². The van der Waals surface area contributed by atoms with Crippen LogP contribution in [0.1, 0.15) is 6.42 Å². The van der Waals surface area contributed by atoms with E-state index in [0.717, 1.165) is 11.0 Å². The van der Waals surface area contributed by atoms with Gasteiger partial charge in [0.2, 0.25) is 0 Å². The predicted octanol–water partition coefficient (Wildman–Crippen LogP) is 0.903. The van der Waals surface area contributed by atoms with Crippen LogP contribution in [-0.4, -0.2) is 22.2 Å². The number of imidazole rings is 1. The molecule has 0 fully saturated rings. The van der Waals surface area contributed by atoms with Crippen molar-refractivity contribution >= 4 is 17.0 Å². The van der Waals surface area contributed by atoms with E-state index in [1.165, 1.54) is 7.11 Å². The van der Waals surface area contributed by atoms with E-state index in [4.69, 9.17) is 0 Å². The average molecular weight is 234 g/mol.